The summed E-state index contributed by atoms with van der Waals surface area (Å²) in [5, 5.41) is 5.21. The number of carbonyl (C=O) groups excluding carboxylic acids is 1. The number of nitrogens with zero attached hydrogens (tertiary/aromatic N) is 1. The van der Waals surface area contributed by atoms with Crippen LogP contribution in [0.1, 0.15) is 52.8 Å². The summed E-state index contributed by atoms with van der Waals surface area (Å²) in [6.07, 6.45) is 1.52. The summed E-state index contributed by atoms with van der Waals surface area (Å²) in [5.41, 5.74) is 2.23. The van der Waals surface area contributed by atoms with Crippen molar-refractivity contribution in [2.24, 2.45) is 0 Å². The fourth-order valence-electron chi connectivity index (χ4n) is 5.08. The van der Waals surface area contributed by atoms with E-state index in [1.54, 1.807) is 0 Å². The first-order valence-electron chi connectivity index (χ1n) is 13.8. The maximum atomic E-state index is 12.6. The van der Waals surface area contributed by atoms with Crippen LogP contribution < -0.4 is 37.2 Å². The molecule has 41 heavy (non-hydrogen) atoms. The van der Waals surface area contributed by atoms with Crippen molar-refractivity contribution < 1.29 is 35.5 Å². The summed E-state index contributed by atoms with van der Waals surface area (Å²) in [6.45, 7) is 13.5. The second-order valence-electron chi connectivity index (χ2n) is 12.1. The van der Waals surface area contributed by atoms with Crippen LogP contribution in [0.3, 0.4) is 0 Å². The van der Waals surface area contributed by atoms with Crippen LogP contribution in [0.4, 0.5) is 10.5 Å². The molecule has 0 aliphatic rings. The van der Waals surface area contributed by atoms with Crippen LogP contribution in [-0.4, -0.2) is 20.0 Å². The standard InChI is InChI=1S/C34H40N2O3Si.BrH/c1-33(2,3)39-32(37)35-28-22-23-36(25-27-16-10-7-11-17-27)29(24-28)26-38-40(34(4,5)6,30-18-12-8-13-19-30)31-20-14-9-15-21-31;/h7-24H,25-26H2,1-6H3;1H. The van der Waals surface area contributed by atoms with Gasteiger partial charge in [-0.05, 0) is 36.2 Å². The number of benzene rings is 3. The first-order chi connectivity index (χ1) is 19.0. The SMILES string of the molecule is CC(C)(C)OC(=O)Nc1cc[n+](Cc2ccccc2)c(CO[Si](c2ccccc2)(c2ccccc2)C(C)(C)C)c1.[Br-]. The molecule has 0 radical (unpaired) electrons. The molecular formula is C34H41BrN2O3Si. The lowest BCUT2D eigenvalue weighted by atomic mass is 10.2. The molecule has 0 spiro atoms. The fraction of sp³-hybridized carbons (Fsp3) is 0.294. The van der Waals surface area contributed by atoms with Crippen molar-refractivity contribution in [1.29, 1.82) is 0 Å². The summed E-state index contributed by atoms with van der Waals surface area (Å²) >= 11 is 0. The molecule has 0 aliphatic carbocycles. The highest BCUT2D eigenvalue weighted by atomic mass is 79.9. The molecule has 0 bridgehead atoms. The maximum absolute atomic E-state index is 12.6. The average Bonchev–Trinajstić information content (AvgIpc) is 2.90. The lowest BCUT2D eigenvalue weighted by Gasteiger charge is -2.42. The van der Waals surface area contributed by atoms with Crippen molar-refractivity contribution >= 4 is 30.5 Å². The van der Waals surface area contributed by atoms with Crippen LogP contribution in [-0.2, 0) is 22.3 Å². The monoisotopic (exact) mass is 632 g/mol. The van der Waals surface area contributed by atoms with Crippen LogP contribution in [0, 0.1) is 0 Å². The quantitative estimate of drug-likeness (QED) is 0.239. The zero-order chi connectivity index (χ0) is 28.8. The van der Waals surface area contributed by atoms with Crippen LogP contribution >= 0.6 is 0 Å². The third-order valence-corrected chi connectivity index (χ3v) is 11.8. The van der Waals surface area contributed by atoms with Gasteiger partial charge in [-0.3, -0.25) is 5.32 Å². The molecule has 0 aliphatic heterocycles. The Labute approximate surface area is 256 Å². The van der Waals surface area contributed by atoms with Gasteiger partial charge in [0.2, 0.25) is 5.69 Å². The Morgan fingerprint density at radius 1 is 0.780 bits per heavy atom. The lowest BCUT2D eigenvalue weighted by molar-refractivity contribution is -0.697. The van der Waals surface area contributed by atoms with Gasteiger partial charge in [0.1, 0.15) is 12.2 Å². The molecule has 0 atom stereocenters. The molecule has 0 unspecified atom stereocenters. The molecule has 0 fully saturated rings. The highest BCUT2D eigenvalue weighted by Crippen LogP contribution is 2.37. The van der Waals surface area contributed by atoms with Crippen molar-refractivity contribution in [3.8, 4) is 0 Å². The molecule has 0 saturated heterocycles. The normalized spacial score (nSPS) is 11.9. The third-order valence-electron chi connectivity index (χ3n) is 6.82. The molecule has 1 N–H and O–H groups in total. The summed E-state index contributed by atoms with van der Waals surface area (Å²) in [4.78, 5) is 12.6. The van der Waals surface area contributed by atoms with Gasteiger partial charge < -0.3 is 26.1 Å². The van der Waals surface area contributed by atoms with Gasteiger partial charge in [-0.2, -0.15) is 4.57 Å². The Hall–Kier alpha value is -3.26. The summed E-state index contributed by atoms with van der Waals surface area (Å²) < 4.78 is 14.9. The predicted octanol–water partition coefficient (Wildman–Crippen LogP) is 3.45. The minimum atomic E-state index is -2.75. The number of halogens is 1. The van der Waals surface area contributed by atoms with E-state index in [0.29, 0.717) is 18.8 Å². The van der Waals surface area contributed by atoms with Crippen LogP contribution in [0.15, 0.2) is 109 Å². The minimum Gasteiger partial charge on any atom is -1.00 e. The summed E-state index contributed by atoms with van der Waals surface area (Å²) in [5.74, 6) is 0. The smallest absolute Gasteiger partial charge is 0.412 e. The third kappa shape index (κ3) is 8.15. The Kier molecular flexibility index (Phi) is 10.7. The molecule has 1 heterocycles. The number of amides is 1. The van der Waals surface area contributed by atoms with Crippen molar-refractivity contribution in [1.82, 2.24) is 0 Å². The molecule has 4 aromatic rings. The Balaban J connectivity index is 0.00000462. The molecule has 4 rings (SSSR count). The van der Waals surface area contributed by atoms with Crippen LogP contribution in [0.5, 0.6) is 0 Å². The first kappa shape index (κ1) is 32.3. The lowest BCUT2D eigenvalue weighted by Crippen LogP contribution is -3.00. The molecular weight excluding hydrogens is 592 g/mol. The number of ether oxygens (including phenoxy) is 1. The van der Waals surface area contributed by atoms with E-state index in [2.05, 4.69) is 103 Å². The van der Waals surface area contributed by atoms with Crippen molar-refractivity contribution in [3.05, 3.63) is 121 Å². The molecule has 3 aromatic carbocycles. The Bertz CT molecular complexity index is 1360. The van der Waals surface area contributed by atoms with Gasteiger partial charge in [0.25, 0.3) is 8.32 Å². The van der Waals surface area contributed by atoms with E-state index in [-0.39, 0.29) is 22.0 Å². The topological polar surface area (TPSA) is 51.4 Å². The molecule has 1 aromatic heterocycles. The van der Waals surface area contributed by atoms with Gasteiger partial charge in [0.15, 0.2) is 12.7 Å². The first-order valence-corrected chi connectivity index (χ1v) is 15.7. The van der Waals surface area contributed by atoms with Gasteiger partial charge in [0.05, 0.1) is 5.69 Å². The van der Waals surface area contributed by atoms with Crippen LogP contribution in [0.2, 0.25) is 5.04 Å². The number of aromatic nitrogens is 1. The number of rotatable bonds is 8. The number of nitrogens with one attached hydrogen (secondary N) is 1. The number of anilines is 1. The van der Waals surface area contributed by atoms with E-state index in [4.69, 9.17) is 9.16 Å². The molecule has 1 amide bonds. The molecule has 7 heteroatoms. The number of hydrogen-bond donors (Lipinski definition) is 1. The van der Waals surface area contributed by atoms with E-state index in [0.717, 1.165) is 5.69 Å². The summed E-state index contributed by atoms with van der Waals surface area (Å²) in [6, 6.07) is 35.5. The Morgan fingerprint density at radius 3 is 1.78 bits per heavy atom. The number of pyridine rings is 1. The van der Waals surface area contributed by atoms with Gasteiger partial charge in [-0.25, -0.2) is 4.79 Å². The zero-order valence-corrected chi connectivity index (χ0v) is 27.4. The maximum Gasteiger partial charge on any atom is 0.412 e. The molecule has 216 valence electrons. The van der Waals surface area contributed by atoms with E-state index < -0.39 is 20.0 Å². The van der Waals surface area contributed by atoms with Crippen LogP contribution in [0.25, 0.3) is 0 Å². The van der Waals surface area contributed by atoms with Gasteiger partial charge in [-0.15, -0.1) is 0 Å². The van der Waals surface area contributed by atoms with Crippen molar-refractivity contribution in [3.63, 3.8) is 0 Å². The zero-order valence-electron chi connectivity index (χ0n) is 24.9. The minimum absolute atomic E-state index is 0. The average molecular weight is 634 g/mol. The summed E-state index contributed by atoms with van der Waals surface area (Å²) in [7, 11) is -2.75. The number of hydrogen-bond acceptors (Lipinski definition) is 3. The van der Waals surface area contributed by atoms with Gasteiger partial charge in [0, 0.05) is 17.7 Å². The van der Waals surface area contributed by atoms with E-state index >= 15 is 0 Å². The fourth-order valence-corrected chi connectivity index (χ4v) is 9.60. The van der Waals surface area contributed by atoms with Crippen molar-refractivity contribution in [2.45, 2.75) is 65.3 Å². The van der Waals surface area contributed by atoms with E-state index in [1.165, 1.54) is 15.9 Å². The second-order valence-corrected chi connectivity index (χ2v) is 16.4. The van der Waals surface area contributed by atoms with Gasteiger partial charge >= 0.3 is 6.09 Å². The number of carbonyl (C=O) groups is 1. The van der Waals surface area contributed by atoms with Gasteiger partial charge in [-0.1, -0.05) is 112 Å². The molecule has 5 nitrogen and oxygen atoms in total. The van der Waals surface area contributed by atoms with Crippen molar-refractivity contribution in [2.75, 3.05) is 5.32 Å². The Morgan fingerprint density at radius 2 is 1.29 bits per heavy atom. The van der Waals surface area contributed by atoms with E-state index in [9.17, 15) is 4.79 Å². The largest absolute Gasteiger partial charge is 1.00 e. The van der Waals surface area contributed by atoms with E-state index in [1.807, 2.05) is 57.3 Å². The molecule has 0 saturated carbocycles. The second kappa shape index (κ2) is 13.6. The highest BCUT2D eigenvalue weighted by Gasteiger charge is 2.50. The predicted molar refractivity (Wildman–Crippen MR) is 164 cm³/mol. The highest BCUT2D eigenvalue weighted by molar-refractivity contribution is 6.99.